The van der Waals surface area contributed by atoms with Crippen molar-refractivity contribution >= 4 is 18.4 Å². The summed E-state index contributed by atoms with van der Waals surface area (Å²) < 4.78 is 5.52. The predicted octanol–water partition coefficient (Wildman–Crippen LogP) is 2.68. The molecule has 104 valence electrons. The molecule has 1 heterocycles. The van der Waals surface area contributed by atoms with Crippen LogP contribution in [0.25, 0.3) is 0 Å². The number of carbonyl (C=O) groups is 1. The number of esters is 1. The smallest absolute Gasteiger partial charge is 0.326 e. The summed E-state index contributed by atoms with van der Waals surface area (Å²) in [7, 11) is 0. The molecule has 4 heteroatoms. The largest absolute Gasteiger partial charge is 0.459 e. The molecule has 3 nitrogen and oxygen atoms in total. The van der Waals surface area contributed by atoms with E-state index in [1.165, 1.54) is 0 Å². The molecule has 0 aromatic heterocycles. The highest BCUT2D eigenvalue weighted by Crippen LogP contribution is 2.42. The number of ether oxygens (including phenoxy) is 1. The predicted molar refractivity (Wildman–Crippen MR) is 76.2 cm³/mol. The molecule has 1 saturated carbocycles. The van der Waals surface area contributed by atoms with E-state index in [2.05, 4.69) is 5.32 Å². The first kappa shape index (κ1) is 14.4. The van der Waals surface area contributed by atoms with Gasteiger partial charge < -0.3 is 10.1 Å². The number of rotatable bonds is 3. The summed E-state index contributed by atoms with van der Waals surface area (Å²) in [5.74, 6) is 0.437. The fourth-order valence-corrected chi connectivity index (χ4v) is 3.36. The van der Waals surface area contributed by atoms with Gasteiger partial charge in [-0.05, 0) is 37.3 Å². The Balaban J connectivity index is 0.00000133. The number of carbonyl (C=O) groups excluding carboxylic acids is 1. The second kappa shape index (κ2) is 5.93. The topological polar surface area (TPSA) is 38.3 Å². The van der Waals surface area contributed by atoms with E-state index in [4.69, 9.17) is 4.74 Å². The fourth-order valence-electron chi connectivity index (χ4n) is 3.36. The van der Waals surface area contributed by atoms with Crippen LogP contribution in [0.1, 0.15) is 31.2 Å². The molecule has 1 aliphatic carbocycles. The van der Waals surface area contributed by atoms with E-state index in [9.17, 15) is 4.79 Å². The average molecular weight is 282 g/mol. The fraction of sp³-hybridized carbons (Fsp3) is 0.533. The Morgan fingerprint density at radius 3 is 2.89 bits per heavy atom. The number of hydrogen-bond acceptors (Lipinski definition) is 3. The van der Waals surface area contributed by atoms with Crippen molar-refractivity contribution < 1.29 is 9.53 Å². The first-order valence-electron chi connectivity index (χ1n) is 6.77. The zero-order chi connectivity index (χ0) is 12.4. The standard InChI is InChI=1S/C15H19NO2.ClH/c17-14(18-11-12-5-2-1-3-6-12)15-9-4-7-13(15)8-10-16-15;/h1-3,5-6,13,16H,4,7-11H2;1H/t13-,15-;/m0./s1. The Bertz CT molecular complexity index is 425. The van der Waals surface area contributed by atoms with Crippen LogP contribution < -0.4 is 5.32 Å². The van der Waals surface area contributed by atoms with Crippen molar-refractivity contribution in [1.82, 2.24) is 5.32 Å². The first-order chi connectivity index (χ1) is 8.81. The van der Waals surface area contributed by atoms with Gasteiger partial charge >= 0.3 is 5.97 Å². The van der Waals surface area contributed by atoms with Crippen LogP contribution in [0.2, 0.25) is 0 Å². The quantitative estimate of drug-likeness (QED) is 0.866. The van der Waals surface area contributed by atoms with E-state index in [-0.39, 0.29) is 23.9 Å². The Morgan fingerprint density at radius 2 is 2.11 bits per heavy atom. The number of benzene rings is 1. The van der Waals surface area contributed by atoms with Crippen LogP contribution >= 0.6 is 12.4 Å². The van der Waals surface area contributed by atoms with Gasteiger partial charge in [0.2, 0.25) is 0 Å². The lowest BCUT2D eigenvalue weighted by atomic mass is 9.89. The normalized spacial score (nSPS) is 28.5. The summed E-state index contributed by atoms with van der Waals surface area (Å²) >= 11 is 0. The molecule has 0 unspecified atom stereocenters. The third kappa shape index (κ3) is 2.63. The van der Waals surface area contributed by atoms with E-state index in [1.807, 2.05) is 30.3 Å². The molecule has 0 amide bonds. The van der Waals surface area contributed by atoms with Crippen LogP contribution in [0, 0.1) is 5.92 Å². The van der Waals surface area contributed by atoms with Gasteiger partial charge in [0.25, 0.3) is 0 Å². The van der Waals surface area contributed by atoms with Gasteiger partial charge in [-0.3, -0.25) is 4.79 Å². The summed E-state index contributed by atoms with van der Waals surface area (Å²) in [4.78, 5) is 12.3. The van der Waals surface area contributed by atoms with E-state index >= 15 is 0 Å². The first-order valence-corrected chi connectivity index (χ1v) is 6.77. The molecule has 1 aliphatic heterocycles. The van der Waals surface area contributed by atoms with Gasteiger partial charge in [-0.2, -0.15) is 0 Å². The minimum atomic E-state index is -0.366. The van der Waals surface area contributed by atoms with Crippen molar-refractivity contribution in [3.8, 4) is 0 Å². The van der Waals surface area contributed by atoms with Crippen LogP contribution in [-0.2, 0) is 16.1 Å². The van der Waals surface area contributed by atoms with Gasteiger partial charge in [-0.1, -0.05) is 36.8 Å². The van der Waals surface area contributed by atoms with Crippen LogP contribution in [0.3, 0.4) is 0 Å². The van der Waals surface area contributed by atoms with Crippen molar-refractivity contribution in [2.24, 2.45) is 5.92 Å². The highest BCUT2D eigenvalue weighted by Gasteiger charge is 2.52. The molecule has 19 heavy (non-hydrogen) atoms. The van der Waals surface area contributed by atoms with E-state index in [0.717, 1.165) is 37.8 Å². The van der Waals surface area contributed by atoms with Gasteiger partial charge in [-0.15, -0.1) is 12.4 Å². The second-order valence-corrected chi connectivity index (χ2v) is 5.34. The lowest BCUT2D eigenvalue weighted by Crippen LogP contribution is -2.50. The Hall–Kier alpha value is -1.06. The molecule has 3 rings (SSSR count). The number of nitrogens with one attached hydrogen (secondary N) is 1. The van der Waals surface area contributed by atoms with Crippen molar-refractivity contribution in [2.75, 3.05) is 6.54 Å². The lowest BCUT2D eigenvalue weighted by molar-refractivity contribution is -0.153. The lowest BCUT2D eigenvalue weighted by Gasteiger charge is -2.27. The van der Waals surface area contributed by atoms with Crippen molar-refractivity contribution in [1.29, 1.82) is 0 Å². The third-order valence-corrected chi connectivity index (χ3v) is 4.33. The van der Waals surface area contributed by atoms with E-state index in [0.29, 0.717) is 12.5 Å². The molecular weight excluding hydrogens is 262 g/mol. The molecule has 2 aliphatic rings. The maximum absolute atomic E-state index is 12.3. The molecule has 1 aromatic carbocycles. The Labute approximate surface area is 120 Å². The van der Waals surface area contributed by atoms with Crippen molar-refractivity contribution in [3.63, 3.8) is 0 Å². The van der Waals surface area contributed by atoms with Crippen LogP contribution in [0.5, 0.6) is 0 Å². The Kier molecular flexibility index (Phi) is 4.48. The summed E-state index contributed by atoms with van der Waals surface area (Å²) in [6.45, 7) is 1.33. The second-order valence-electron chi connectivity index (χ2n) is 5.34. The summed E-state index contributed by atoms with van der Waals surface area (Å²) in [5, 5.41) is 3.39. The minimum absolute atomic E-state index is 0. The monoisotopic (exact) mass is 281 g/mol. The average Bonchev–Trinajstić information content (AvgIpc) is 2.97. The number of hydrogen-bond donors (Lipinski definition) is 1. The van der Waals surface area contributed by atoms with Crippen LogP contribution in [0.4, 0.5) is 0 Å². The van der Waals surface area contributed by atoms with Gasteiger partial charge in [0, 0.05) is 0 Å². The maximum Gasteiger partial charge on any atom is 0.326 e. The highest BCUT2D eigenvalue weighted by molar-refractivity contribution is 5.85. The third-order valence-electron chi connectivity index (χ3n) is 4.33. The van der Waals surface area contributed by atoms with Crippen molar-refractivity contribution in [3.05, 3.63) is 35.9 Å². The van der Waals surface area contributed by atoms with Crippen LogP contribution in [-0.4, -0.2) is 18.1 Å². The van der Waals surface area contributed by atoms with Crippen molar-refractivity contribution in [2.45, 2.75) is 37.8 Å². The number of halogens is 1. The minimum Gasteiger partial charge on any atom is -0.459 e. The van der Waals surface area contributed by atoms with Gasteiger partial charge in [0.15, 0.2) is 0 Å². The molecule has 2 fully saturated rings. The zero-order valence-electron chi connectivity index (χ0n) is 10.9. The van der Waals surface area contributed by atoms with Gasteiger partial charge in [0.1, 0.15) is 12.1 Å². The molecule has 1 saturated heterocycles. The number of fused-ring (bicyclic) bond motifs is 1. The maximum atomic E-state index is 12.3. The summed E-state index contributed by atoms with van der Waals surface area (Å²) in [6, 6.07) is 9.87. The van der Waals surface area contributed by atoms with E-state index in [1.54, 1.807) is 0 Å². The molecular formula is C15H20ClNO2. The van der Waals surface area contributed by atoms with Crippen LogP contribution in [0.15, 0.2) is 30.3 Å². The van der Waals surface area contributed by atoms with E-state index < -0.39 is 0 Å². The summed E-state index contributed by atoms with van der Waals surface area (Å²) in [6.07, 6.45) is 4.34. The molecule has 1 N–H and O–H groups in total. The molecule has 0 bridgehead atoms. The molecule has 2 atom stereocenters. The SMILES string of the molecule is Cl.O=C(OCc1ccccc1)[C@]12CCC[C@H]1CCN2. The van der Waals surface area contributed by atoms with Gasteiger partial charge in [-0.25, -0.2) is 0 Å². The molecule has 0 radical (unpaired) electrons. The molecule has 1 aromatic rings. The van der Waals surface area contributed by atoms with Gasteiger partial charge in [0.05, 0.1) is 0 Å². The summed E-state index contributed by atoms with van der Waals surface area (Å²) in [5.41, 5.74) is 0.684. The molecule has 0 spiro atoms. The zero-order valence-corrected chi connectivity index (χ0v) is 11.7. The highest BCUT2D eigenvalue weighted by atomic mass is 35.5. The Morgan fingerprint density at radius 1 is 1.32 bits per heavy atom.